The zero-order chi connectivity index (χ0) is 18.0. The van der Waals surface area contributed by atoms with Gasteiger partial charge in [-0.25, -0.2) is 8.42 Å². The number of hydrogen-bond acceptors (Lipinski definition) is 6. The van der Waals surface area contributed by atoms with E-state index in [-0.39, 0.29) is 23.3 Å². The van der Waals surface area contributed by atoms with E-state index in [9.17, 15) is 13.2 Å². The van der Waals surface area contributed by atoms with Crippen LogP contribution in [0.15, 0.2) is 5.16 Å². The lowest BCUT2D eigenvalue weighted by Crippen LogP contribution is -2.44. The fourth-order valence-corrected chi connectivity index (χ4v) is 6.31. The summed E-state index contributed by atoms with van der Waals surface area (Å²) in [6.07, 6.45) is 4.98. The number of thioether (sulfide) groups is 1. The number of amides is 1. The van der Waals surface area contributed by atoms with Crippen molar-refractivity contribution in [1.29, 1.82) is 0 Å². The monoisotopic (exact) mass is 386 g/mol. The van der Waals surface area contributed by atoms with Crippen molar-refractivity contribution in [1.82, 2.24) is 19.7 Å². The highest BCUT2D eigenvalue weighted by Crippen LogP contribution is 2.29. The second-order valence-electron chi connectivity index (χ2n) is 6.93. The van der Waals surface area contributed by atoms with Gasteiger partial charge in [-0.2, -0.15) is 0 Å². The molecule has 0 radical (unpaired) electrons. The quantitative estimate of drug-likeness (QED) is 0.715. The summed E-state index contributed by atoms with van der Waals surface area (Å²) in [4.78, 5) is 14.6. The number of nitrogens with zero attached hydrogens (tertiary/aromatic N) is 4. The third kappa shape index (κ3) is 4.19. The van der Waals surface area contributed by atoms with Crippen LogP contribution in [0.25, 0.3) is 0 Å². The zero-order valence-electron chi connectivity index (χ0n) is 14.8. The molecule has 3 rings (SSSR count). The lowest BCUT2D eigenvalue weighted by atomic mass is 10.0. The largest absolute Gasteiger partial charge is 0.339 e. The second-order valence-corrected chi connectivity index (χ2v) is 10.1. The molecule has 2 aliphatic rings. The summed E-state index contributed by atoms with van der Waals surface area (Å²) in [5.41, 5.74) is 0. The Morgan fingerprint density at radius 3 is 2.76 bits per heavy atom. The molecule has 0 spiro atoms. The van der Waals surface area contributed by atoms with Crippen molar-refractivity contribution in [3.8, 4) is 0 Å². The van der Waals surface area contributed by atoms with E-state index in [0.717, 1.165) is 25.8 Å². The number of aromatic nitrogens is 3. The predicted octanol–water partition coefficient (Wildman–Crippen LogP) is 1.60. The molecule has 2 saturated heterocycles. The van der Waals surface area contributed by atoms with Gasteiger partial charge in [-0.15, -0.1) is 10.2 Å². The Bertz CT molecular complexity index is 732. The average molecular weight is 387 g/mol. The summed E-state index contributed by atoms with van der Waals surface area (Å²) in [7, 11) is -1.10. The van der Waals surface area contributed by atoms with Crippen LogP contribution in [-0.2, 0) is 21.7 Å². The van der Waals surface area contributed by atoms with E-state index in [1.54, 1.807) is 0 Å². The molecule has 0 saturated carbocycles. The van der Waals surface area contributed by atoms with Crippen molar-refractivity contribution in [3.05, 3.63) is 5.82 Å². The van der Waals surface area contributed by atoms with Crippen LogP contribution in [0.2, 0.25) is 0 Å². The standard InChI is InChI=1S/C16H26N4O3S2/c1-3-13-6-4-5-8-20(13)14(21)10-24-16-18-17-15(19(16)2)12-7-9-25(22,23)11-12/h12-13H,3-11H2,1-2H3/t12-,13-/m0/s1. The highest BCUT2D eigenvalue weighted by atomic mass is 32.2. The molecule has 1 aromatic rings. The van der Waals surface area contributed by atoms with Crippen molar-refractivity contribution in [2.45, 2.75) is 56.1 Å². The van der Waals surface area contributed by atoms with E-state index in [0.29, 0.717) is 29.2 Å². The molecule has 7 nitrogen and oxygen atoms in total. The Morgan fingerprint density at radius 2 is 2.08 bits per heavy atom. The van der Waals surface area contributed by atoms with Gasteiger partial charge in [0.15, 0.2) is 15.0 Å². The predicted molar refractivity (Wildman–Crippen MR) is 97.4 cm³/mol. The number of piperidine rings is 1. The van der Waals surface area contributed by atoms with Crippen LogP contribution < -0.4 is 0 Å². The van der Waals surface area contributed by atoms with E-state index < -0.39 is 9.84 Å². The summed E-state index contributed by atoms with van der Waals surface area (Å²) in [6, 6.07) is 0.362. The number of hydrogen-bond donors (Lipinski definition) is 0. The molecule has 0 aromatic carbocycles. The molecule has 2 aliphatic heterocycles. The van der Waals surface area contributed by atoms with Crippen LogP contribution in [-0.4, -0.2) is 63.8 Å². The van der Waals surface area contributed by atoms with E-state index in [1.807, 2.05) is 16.5 Å². The molecule has 1 amide bonds. The van der Waals surface area contributed by atoms with Crippen LogP contribution in [0.5, 0.6) is 0 Å². The fraction of sp³-hybridized carbons (Fsp3) is 0.812. The topological polar surface area (TPSA) is 85.2 Å². The highest BCUT2D eigenvalue weighted by molar-refractivity contribution is 7.99. The van der Waals surface area contributed by atoms with Crippen molar-refractivity contribution in [2.24, 2.45) is 7.05 Å². The first kappa shape index (κ1) is 18.7. The lowest BCUT2D eigenvalue weighted by Gasteiger charge is -2.35. The van der Waals surface area contributed by atoms with E-state index in [1.165, 1.54) is 18.2 Å². The van der Waals surface area contributed by atoms with Gasteiger partial charge in [0.2, 0.25) is 5.91 Å². The molecule has 9 heteroatoms. The van der Waals surface area contributed by atoms with Gasteiger partial charge in [-0.05, 0) is 32.1 Å². The minimum absolute atomic E-state index is 0.0842. The maximum Gasteiger partial charge on any atom is 0.233 e. The van der Waals surface area contributed by atoms with Gasteiger partial charge in [0.25, 0.3) is 0 Å². The van der Waals surface area contributed by atoms with Gasteiger partial charge in [0, 0.05) is 25.6 Å². The highest BCUT2D eigenvalue weighted by Gasteiger charge is 2.33. The van der Waals surface area contributed by atoms with E-state index in [4.69, 9.17) is 0 Å². The Hall–Kier alpha value is -1.09. The molecule has 2 atom stereocenters. The van der Waals surface area contributed by atoms with Crippen molar-refractivity contribution < 1.29 is 13.2 Å². The van der Waals surface area contributed by atoms with Crippen LogP contribution in [0.1, 0.15) is 50.8 Å². The maximum absolute atomic E-state index is 12.6. The van der Waals surface area contributed by atoms with E-state index >= 15 is 0 Å². The summed E-state index contributed by atoms with van der Waals surface area (Å²) in [5.74, 6) is 1.50. The molecule has 0 unspecified atom stereocenters. The number of likely N-dealkylation sites (tertiary alicyclic amines) is 1. The Kier molecular flexibility index (Phi) is 5.72. The lowest BCUT2D eigenvalue weighted by molar-refractivity contribution is -0.132. The summed E-state index contributed by atoms with van der Waals surface area (Å²) >= 11 is 1.39. The molecule has 2 fully saturated rings. The third-order valence-electron chi connectivity index (χ3n) is 5.21. The molecule has 140 valence electrons. The fourth-order valence-electron chi connectivity index (χ4n) is 3.77. The molecular formula is C16H26N4O3S2. The summed E-state index contributed by atoms with van der Waals surface area (Å²) < 4.78 is 25.2. The first-order valence-corrected chi connectivity index (χ1v) is 11.7. The smallest absolute Gasteiger partial charge is 0.233 e. The van der Waals surface area contributed by atoms with Gasteiger partial charge < -0.3 is 9.47 Å². The minimum atomic E-state index is -2.95. The van der Waals surface area contributed by atoms with Gasteiger partial charge in [0.05, 0.1) is 17.3 Å². The number of carbonyl (C=O) groups excluding carboxylic acids is 1. The molecule has 1 aromatic heterocycles. The summed E-state index contributed by atoms with van der Waals surface area (Å²) in [5, 5.41) is 9.04. The minimum Gasteiger partial charge on any atom is -0.339 e. The van der Waals surface area contributed by atoms with Gasteiger partial charge in [-0.1, -0.05) is 18.7 Å². The molecule has 0 aliphatic carbocycles. The molecule has 3 heterocycles. The Balaban J connectivity index is 1.61. The second kappa shape index (κ2) is 7.65. The Labute approximate surface area is 153 Å². The van der Waals surface area contributed by atoms with Crippen molar-refractivity contribution in [2.75, 3.05) is 23.8 Å². The zero-order valence-corrected chi connectivity index (χ0v) is 16.5. The van der Waals surface area contributed by atoms with Crippen LogP contribution in [0.4, 0.5) is 0 Å². The average Bonchev–Trinajstić information content (AvgIpc) is 3.14. The number of rotatable bonds is 5. The summed E-state index contributed by atoms with van der Waals surface area (Å²) in [6.45, 7) is 2.98. The molecule has 25 heavy (non-hydrogen) atoms. The Morgan fingerprint density at radius 1 is 1.28 bits per heavy atom. The van der Waals surface area contributed by atoms with Crippen LogP contribution >= 0.6 is 11.8 Å². The van der Waals surface area contributed by atoms with Gasteiger partial charge in [0.1, 0.15) is 5.82 Å². The van der Waals surface area contributed by atoms with Crippen molar-refractivity contribution >= 4 is 27.5 Å². The first-order chi connectivity index (χ1) is 11.9. The third-order valence-corrected chi connectivity index (χ3v) is 7.98. The SMILES string of the molecule is CC[C@H]1CCCCN1C(=O)CSc1nnc([C@H]2CCS(=O)(=O)C2)n1C. The van der Waals surface area contributed by atoms with Crippen LogP contribution in [0, 0.1) is 0 Å². The maximum atomic E-state index is 12.6. The first-order valence-electron chi connectivity index (χ1n) is 8.93. The normalized spacial score (nSPS) is 26.1. The molecule has 0 bridgehead atoms. The van der Waals surface area contributed by atoms with E-state index in [2.05, 4.69) is 17.1 Å². The van der Waals surface area contributed by atoms with Crippen molar-refractivity contribution in [3.63, 3.8) is 0 Å². The van der Waals surface area contributed by atoms with Crippen LogP contribution in [0.3, 0.4) is 0 Å². The molecular weight excluding hydrogens is 360 g/mol. The number of carbonyl (C=O) groups is 1. The number of sulfone groups is 1. The van der Waals surface area contributed by atoms with Gasteiger partial charge in [-0.3, -0.25) is 4.79 Å². The van der Waals surface area contributed by atoms with Gasteiger partial charge >= 0.3 is 0 Å². The molecule has 0 N–H and O–H groups in total.